The number of nitrogens with two attached hydrogens (primary N) is 1. The fourth-order valence-electron chi connectivity index (χ4n) is 5.44. The van der Waals surface area contributed by atoms with Crippen LogP contribution >= 0.6 is 46.4 Å². The Hall–Kier alpha value is -1.34. The predicted molar refractivity (Wildman–Crippen MR) is 138 cm³/mol. The second-order valence-corrected chi connectivity index (χ2v) is 11.6. The number of quaternary nitrogens is 1. The van der Waals surface area contributed by atoms with Crippen LogP contribution in [0.2, 0.25) is 20.1 Å². The summed E-state index contributed by atoms with van der Waals surface area (Å²) in [6.45, 7) is 3.38. The first-order chi connectivity index (χ1) is 15.9. The predicted octanol–water partition coefficient (Wildman–Crippen LogP) is 5.15. The molecule has 0 aromatic heterocycles. The lowest BCUT2D eigenvalue weighted by molar-refractivity contribution is -0.900. The van der Waals surface area contributed by atoms with E-state index in [4.69, 9.17) is 52.1 Å². The molecular weight excluding hydrogens is 516 g/mol. The van der Waals surface area contributed by atoms with E-state index in [1.165, 1.54) is 0 Å². The van der Waals surface area contributed by atoms with Gasteiger partial charge in [-0.3, -0.25) is 4.79 Å². The molecule has 3 N–H and O–H groups in total. The zero-order valence-corrected chi connectivity index (χ0v) is 22.2. The van der Waals surface area contributed by atoms with Crippen molar-refractivity contribution in [2.45, 2.75) is 49.6 Å². The van der Waals surface area contributed by atoms with Gasteiger partial charge < -0.3 is 11.1 Å². The molecule has 9 heteroatoms. The minimum absolute atomic E-state index is 0.0585. The van der Waals surface area contributed by atoms with Gasteiger partial charge in [-0.2, -0.15) is 0 Å². The summed E-state index contributed by atoms with van der Waals surface area (Å²) in [5.74, 6) is -0.607. The van der Waals surface area contributed by atoms with Crippen LogP contribution in [0.4, 0.5) is 0 Å². The number of hydrogen-bond acceptors (Lipinski definition) is 3. The number of nitrogens with one attached hydrogen (secondary N) is 1. The fourth-order valence-corrected chi connectivity index (χ4v) is 6.52. The van der Waals surface area contributed by atoms with E-state index in [1.807, 2.05) is 20.0 Å². The molecule has 0 spiro atoms. The Bertz CT molecular complexity index is 1140. The highest BCUT2D eigenvalue weighted by atomic mass is 35.5. The first kappa shape index (κ1) is 25.7. The number of likely N-dealkylation sites (N-methyl/N-ethyl adjacent to an activating group) is 1. The van der Waals surface area contributed by atoms with Gasteiger partial charge in [0, 0.05) is 39.5 Å². The number of amides is 2. The Balaban J connectivity index is 1.84. The topological polar surface area (TPSA) is 72.2 Å². The van der Waals surface area contributed by atoms with Crippen LogP contribution < -0.4 is 11.1 Å². The zero-order valence-electron chi connectivity index (χ0n) is 19.1. The highest BCUT2D eigenvalue weighted by molar-refractivity contribution is 6.35. The van der Waals surface area contributed by atoms with Crippen LogP contribution in [0.15, 0.2) is 36.4 Å². The molecule has 0 bridgehead atoms. The quantitative estimate of drug-likeness (QED) is 0.474. The molecule has 1 aliphatic carbocycles. The number of carbonyl (C=O) groups is 2. The Morgan fingerprint density at radius 2 is 1.65 bits per heavy atom. The van der Waals surface area contributed by atoms with E-state index in [0.29, 0.717) is 39.5 Å². The molecule has 1 aliphatic heterocycles. The van der Waals surface area contributed by atoms with Gasteiger partial charge in [-0.25, -0.2) is 9.28 Å². The van der Waals surface area contributed by atoms with Gasteiger partial charge in [0.05, 0.1) is 13.6 Å². The maximum atomic E-state index is 14.6. The Kier molecular flexibility index (Phi) is 7.02. The summed E-state index contributed by atoms with van der Waals surface area (Å²) < 4.78 is -0.146. The number of carbonyl (C=O) groups excluding carboxylic acids is 2. The maximum absolute atomic E-state index is 14.6. The van der Waals surface area contributed by atoms with Crippen LogP contribution in [-0.4, -0.2) is 48.0 Å². The first-order valence-corrected chi connectivity index (χ1v) is 12.8. The summed E-state index contributed by atoms with van der Waals surface area (Å²) in [4.78, 5) is 27.7. The average Bonchev–Trinajstić information content (AvgIpc) is 3.44. The lowest BCUT2D eigenvalue weighted by atomic mass is 9.84. The van der Waals surface area contributed by atoms with Crippen LogP contribution in [0, 0.1) is 0 Å². The minimum Gasteiger partial charge on any atom is -0.364 e. The third-order valence-corrected chi connectivity index (χ3v) is 9.01. The minimum atomic E-state index is -0.834. The largest absolute Gasteiger partial charge is 0.364 e. The summed E-state index contributed by atoms with van der Waals surface area (Å²) in [7, 11) is 1.85. The van der Waals surface area contributed by atoms with Gasteiger partial charge in [0.1, 0.15) is 11.0 Å². The lowest BCUT2D eigenvalue weighted by Gasteiger charge is -2.50. The molecule has 1 saturated heterocycles. The van der Waals surface area contributed by atoms with E-state index in [1.54, 1.807) is 30.3 Å². The van der Waals surface area contributed by atoms with Gasteiger partial charge in [0.25, 0.3) is 5.91 Å². The van der Waals surface area contributed by atoms with Crippen molar-refractivity contribution < 1.29 is 14.1 Å². The fraction of sp³-hybridized carbons (Fsp3) is 0.440. The summed E-state index contributed by atoms with van der Waals surface area (Å²) in [5, 5.41) is 5.27. The number of rotatable bonds is 7. The van der Waals surface area contributed by atoms with Crippen LogP contribution in [0.25, 0.3) is 0 Å². The van der Waals surface area contributed by atoms with Crippen molar-refractivity contribution in [2.75, 3.05) is 20.1 Å². The third kappa shape index (κ3) is 4.25. The molecule has 34 heavy (non-hydrogen) atoms. The molecular formula is C25H28Cl4N3O2+. The van der Waals surface area contributed by atoms with Gasteiger partial charge in [-0.15, -0.1) is 0 Å². The van der Waals surface area contributed by atoms with Crippen LogP contribution in [0.5, 0.6) is 0 Å². The molecule has 1 unspecified atom stereocenters. The number of nitrogens with zero attached hydrogens (tertiary/aromatic N) is 1. The number of primary amides is 1. The van der Waals surface area contributed by atoms with Gasteiger partial charge >= 0.3 is 5.91 Å². The SMILES string of the molecule is C[C@@]1([N+](C)(C(=O)C2(c3ccc(Cl)cc3Cl)CC2)[C@@H](Cc2ccc(Cl)cc2Cl)C(N)=O)CCNC1. The zero-order chi connectivity index (χ0) is 24.9. The Morgan fingerprint density at radius 3 is 2.15 bits per heavy atom. The molecule has 3 atom stereocenters. The molecule has 2 aromatic rings. The molecule has 2 aliphatic rings. The summed E-state index contributed by atoms with van der Waals surface area (Å²) in [6, 6.07) is 9.54. The highest BCUT2D eigenvalue weighted by Gasteiger charge is 2.67. The van der Waals surface area contributed by atoms with E-state index in [-0.39, 0.29) is 16.8 Å². The van der Waals surface area contributed by atoms with Crippen molar-refractivity contribution in [1.29, 1.82) is 0 Å². The van der Waals surface area contributed by atoms with Crippen molar-refractivity contribution in [2.24, 2.45) is 5.73 Å². The second-order valence-electron chi connectivity index (χ2n) is 9.87. The molecule has 0 radical (unpaired) electrons. The molecule has 1 saturated carbocycles. The Labute approximate surface area is 220 Å². The molecule has 1 heterocycles. The van der Waals surface area contributed by atoms with Gasteiger partial charge in [0.15, 0.2) is 6.04 Å². The van der Waals surface area contributed by atoms with Crippen LogP contribution in [0.1, 0.15) is 37.3 Å². The van der Waals surface area contributed by atoms with E-state index in [0.717, 1.165) is 24.1 Å². The highest BCUT2D eigenvalue weighted by Crippen LogP contribution is 2.55. The molecule has 4 rings (SSSR count). The number of hydrogen-bond donors (Lipinski definition) is 2. The lowest BCUT2D eigenvalue weighted by Crippen LogP contribution is -2.74. The van der Waals surface area contributed by atoms with E-state index < -0.39 is 22.9 Å². The molecule has 5 nitrogen and oxygen atoms in total. The number of halogens is 4. The first-order valence-electron chi connectivity index (χ1n) is 11.3. The summed E-state index contributed by atoms with van der Waals surface area (Å²) >= 11 is 25.2. The smallest absolute Gasteiger partial charge is 0.325 e. The maximum Gasteiger partial charge on any atom is 0.325 e. The monoisotopic (exact) mass is 542 g/mol. The van der Waals surface area contributed by atoms with Crippen molar-refractivity contribution in [3.63, 3.8) is 0 Å². The molecule has 2 amide bonds. The van der Waals surface area contributed by atoms with Crippen molar-refractivity contribution >= 4 is 58.2 Å². The molecule has 2 fully saturated rings. The van der Waals surface area contributed by atoms with Gasteiger partial charge in [-0.1, -0.05) is 58.5 Å². The van der Waals surface area contributed by atoms with Crippen molar-refractivity contribution in [3.8, 4) is 0 Å². The van der Waals surface area contributed by atoms with E-state index in [9.17, 15) is 9.59 Å². The normalized spacial score (nSPS) is 23.8. The van der Waals surface area contributed by atoms with Crippen LogP contribution in [-0.2, 0) is 21.4 Å². The van der Waals surface area contributed by atoms with Gasteiger partial charge in [-0.05, 0) is 55.2 Å². The van der Waals surface area contributed by atoms with Crippen molar-refractivity contribution in [3.05, 3.63) is 67.6 Å². The summed E-state index contributed by atoms with van der Waals surface area (Å²) in [5.41, 5.74) is 6.15. The third-order valence-electron chi connectivity index (χ3n) is 7.88. The Morgan fingerprint density at radius 1 is 1.03 bits per heavy atom. The van der Waals surface area contributed by atoms with Crippen LogP contribution in [0.3, 0.4) is 0 Å². The van der Waals surface area contributed by atoms with Crippen molar-refractivity contribution in [1.82, 2.24) is 5.32 Å². The van der Waals surface area contributed by atoms with E-state index >= 15 is 0 Å². The average molecular weight is 544 g/mol. The van der Waals surface area contributed by atoms with Gasteiger partial charge in [0.2, 0.25) is 0 Å². The second kappa shape index (κ2) is 9.27. The molecule has 182 valence electrons. The molecule has 2 aromatic carbocycles. The standard InChI is InChI=1S/C25H27Cl4N3O2/c1-24(9-10-31-14-24)32(2,21(22(30)33)11-15-3-4-16(26)12-19(15)28)23(34)25(7-8-25)18-6-5-17(27)13-20(18)29/h3-6,12-13,21,31H,7-11,14H2,1-2H3,(H-,30,33)/p+1/t21-,24+,32?/m0/s1. The summed E-state index contributed by atoms with van der Waals surface area (Å²) in [6.07, 6.45) is 2.24. The van der Waals surface area contributed by atoms with E-state index in [2.05, 4.69) is 5.32 Å². The number of benzene rings is 2.